The fourth-order valence-corrected chi connectivity index (χ4v) is 2.97. The van der Waals surface area contributed by atoms with Crippen LogP contribution in [0.15, 0.2) is 29.2 Å². The van der Waals surface area contributed by atoms with E-state index >= 15 is 0 Å². The summed E-state index contributed by atoms with van der Waals surface area (Å²) in [5, 5.41) is 8.90. The van der Waals surface area contributed by atoms with Crippen molar-refractivity contribution >= 4 is 28.4 Å². The van der Waals surface area contributed by atoms with Crippen molar-refractivity contribution in [2.45, 2.75) is 24.8 Å². The summed E-state index contributed by atoms with van der Waals surface area (Å²) in [6, 6.07) is 6.62. The van der Waals surface area contributed by atoms with Crippen LogP contribution in [0.4, 0.5) is 0 Å². The van der Waals surface area contributed by atoms with Crippen molar-refractivity contribution in [2.24, 2.45) is 0 Å². The SMILES string of the molecule is CCCN(CC(=O)O)Cc1cccc(S(=O)(=O)N(C)C)c1.Cl. The molecule has 1 N–H and O–H groups in total. The van der Waals surface area contributed by atoms with Crippen LogP contribution >= 0.6 is 12.4 Å². The van der Waals surface area contributed by atoms with E-state index in [9.17, 15) is 13.2 Å². The highest BCUT2D eigenvalue weighted by atomic mass is 35.5. The molecule has 1 rings (SSSR count). The minimum absolute atomic E-state index is 0. The number of hydrogen-bond donors (Lipinski definition) is 1. The number of rotatable bonds is 8. The number of carboxylic acids is 1. The summed E-state index contributed by atoms with van der Waals surface area (Å²) in [6.45, 7) is 2.98. The lowest BCUT2D eigenvalue weighted by molar-refractivity contribution is -0.138. The maximum Gasteiger partial charge on any atom is 0.317 e. The Morgan fingerprint density at radius 1 is 1.27 bits per heavy atom. The van der Waals surface area contributed by atoms with Gasteiger partial charge < -0.3 is 5.11 Å². The Hall–Kier alpha value is -1.15. The first-order valence-corrected chi connectivity index (χ1v) is 8.17. The molecule has 0 amide bonds. The number of carbonyl (C=O) groups is 1. The largest absolute Gasteiger partial charge is 0.480 e. The molecule has 1 aromatic rings. The van der Waals surface area contributed by atoms with E-state index in [1.165, 1.54) is 14.1 Å². The first-order chi connectivity index (χ1) is 9.77. The van der Waals surface area contributed by atoms with E-state index in [0.29, 0.717) is 13.1 Å². The molecule has 0 aliphatic carbocycles. The Balaban J connectivity index is 0.00000441. The van der Waals surface area contributed by atoms with Crippen molar-refractivity contribution < 1.29 is 18.3 Å². The summed E-state index contributed by atoms with van der Waals surface area (Å²) >= 11 is 0. The third-order valence-corrected chi connectivity index (χ3v) is 4.79. The van der Waals surface area contributed by atoms with Gasteiger partial charge in [-0.05, 0) is 30.7 Å². The van der Waals surface area contributed by atoms with E-state index in [1.54, 1.807) is 29.2 Å². The van der Waals surface area contributed by atoms with Gasteiger partial charge in [0.15, 0.2) is 0 Å². The number of halogens is 1. The first kappa shape index (κ1) is 20.9. The molecule has 0 radical (unpaired) electrons. The molecule has 126 valence electrons. The quantitative estimate of drug-likeness (QED) is 0.771. The molecule has 0 unspecified atom stereocenters. The van der Waals surface area contributed by atoms with Crippen LogP contribution in [0.5, 0.6) is 0 Å². The standard InChI is InChI=1S/C14H22N2O4S.ClH/c1-4-8-16(11-14(17)18)10-12-6-5-7-13(9-12)21(19,20)15(2)3;/h5-7,9H,4,8,10-11H2,1-3H3,(H,17,18);1H. The van der Waals surface area contributed by atoms with Crippen LogP contribution < -0.4 is 0 Å². The Morgan fingerprint density at radius 3 is 2.41 bits per heavy atom. The lowest BCUT2D eigenvalue weighted by Crippen LogP contribution is -2.30. The van der Waals surface area contributed by atoms with Crippen molar-refractivity contribution in [3.05, 3.63) is 29.8 Å². The van der Waals surface area contributed by atoms with Gasteiger partial charge >= 0.3 is 5.97 Å². The Labute approximate surface area is 138 Å². The highest BCUT2D eigenvalue weighted by Gasteiger charge is 2.18. The highest BCUT2D eigenvalue weighted by Crippen LogP contribution is 2.16. The molecule has 0 spiro atoms. The average molecular weight is 351 g/mol. The van der Waals surface area contributed by atoms with E-state index in [-0.39, 0.29) is 23.8 Å². The second-order valence-electron chi connectivity index (χ2n) is 5.04. The van der Waals surface area contributed by atoms with Gasteiger partial charge in [0.1, 0.15) is 0 Å². The third-order valence-electron chi connectivity index (χ3n) is 2.98. The zero-order valence-electron chi connectivity index (χ0n) is 13.0. The van der Waals surface area contributed by atoms with Crippen molar-refractivity contribution in [1.29, 1.82) is 0 Å². The Kier molecular flexibility index (Phi) is 8.62. The van der Waals surface area contributed by atoms with Gasteiger partial charge in [-0.25, -0.2) is 12.7 Å². The predicted octanol–water partition coefficient (Wildman–Crippen LogP) is 1.66. The smallest absolute Gasteiger partial charge is 0.317 e. The number of aliphatic carboxylic acids is 1. The second-order valence-corrected chi connectivity index (χ2v) is 7.19. The van der Waals surface area contributed by atoms with E-state index < -0.39 is 16.0 Å². The van der Waals surface area contributed by atoms with Crippen LogP contribution in [0.3, 0.4) is 0 Å². The van der Waals surface area contributed by atoms with Crippen molar-refractivity contribution in [3.8, 4) is 0 Å². The van der Waals surface area contributed by atoms with Crippen LogP contribution in [-0.4, -0.2) is 55.9 Å². The predicted molar refractivity (Wildman–Crippen MR) is 87.8 cm³/mol. The van der Waals surface area contributed by atoms with E-state index in [0.717, 1.165) is 16.3 Å². The van der Waals surface area contributed by atoms with E-state index in [2.05, 4.69) is 0 Å². The number of hydrogen-bond acceptors (Lipinski definition) is 4. The second kappa shape index (κ2) is 9.09. The summed E-state index contributed by atoms with van der Waals surface area (Å²) in [5.74, 6) is -0.888. The van der Waals surface area contributed by atoms with Crippen molar-refractivity contribution in [3.63, 3.8) is 0 Å². The molecule has 0 atom stereocenters. The molecule has 22 heavy (non-hydrogen) atoms. The number of sulfonamides is 1. The van der Waals surface area contributed by atoms with E-state index in [4.69, 9.17) is 5.11 Å². The van der Waals surface area contributed by atoms with Crippen molar-refractivity contribution in [2.75, 3.05) is 27.2 Å². The number of benzene rings is 1. The van der Waals surface area contributed by atoms with Crippen LogP contribution in [-0.2, 0) is 21.4 Å². The summed E-state index contributed by atoms with van der Waals surface area (Å²) in [7, 11) is -0.508. The Morgan fingerprint density at radius 2 is 1.91 bits per heavy atom. The van der Waals surface area contributed by atoms with Gasteiger partial charge in [-0.15, -0.1) is 12.4 Å². The van der Waals surface area contributed by atoms with Crippen LogP contribution in [0.1, 0.15) is 18.9 Å². The minimum Gasteiger partial charge on any atom is -0.480 e. The summed E-state index contributed by atoms with van der Waals surface area (Å²) in [4.78, 5) is 12.8. The molecular formula is C14H23ClN2O4S. The lowest BCUT2D eigenvalue weighted by Gasteiger charge is -2.20. The maximum atomic E-state index is 12.1. The zero-order valence-corrected chi connectivity index (χ0v) is 14.7. The van der Waals surface area contributed by atoms with Crippen molar-refractivity contribution in [1.82, 2.24) is 9.21 Å². The normalized spacial score (nSPS) is 11.5. The topological polar surface area (TPSA) is 77.9 Å². The lowest BCUT2D eigenvalue weighted by atomic mass is 10.2. The molecule has 1 aromatic carbocycles. The van der Waals surface area contributed by atoms with Gasteiger partial charge in [0.25, 0.3) is 0 Å². The van der Waals surface area contributed by atoms with Crippen LogP contribution in [0, 0.1) is 0 Å². The monoisotopic (exact) mass is 350 g/mol. The number of carboxylic acid groups (broad SMARTS) is 1. The number of nitrogens with zero attached hydrogens (tertiary/aromatic N) is 2. The molecule has 6 nitrogen and oxygen atoms in total. The molecule has 0 saturated heterocycles. The average Bonchev–Trinajstić information content (AvgIpc) is 2.38. The van der Waals surface area contributed by atoms with E-state index in [1.807, 2.05) is 6.92 Å². The maximum absolute atomic E-state index is 12.1. The summed E-state index contributed by atoms with van der Waals surface area (Å²) in [5.41, 5.74) is 0.785. The summed E-state index contributed by atoms with van der Waals surface area (Å²) in [6.07, 6.45) is 0.836. The van der Waals surface area contributed by atoms with Gasteiger partial charge in [0.05, 0.1) is 11.4 Å². The molecule has 8 heteroatoms. The molecule has 0 aliphatic rings. The zero-order chi connectivity index (χ0) is 16.0. The molecule has 0 saturated carbocycles. The molecule has 0 aromatic heterocycles. The highest BCUT2D eigenvalue weighted by molar-refractivity contribution is 7.89. The van der Waals surface area contributed by atoms with Gasteiger partial charge in [-0.3, -0.25) is 9.69 Å². The fourth-order valence-electron chi connectivity index (χ4n) is 1.99. The van der Waals surface area contributed by atoms with Gasteiger partial charge in [-0.2, -0.15) is 0 Å². The summed E-state index contributed by atoms with van der Waals surface area (Å²) < 4.78 is 25.3. The third kappa shape index (κ3) is 5.92. The molecular weight excluding hydrogens is 328 g/mol. The molecule has 0 aliphatic heterocycles. The van der Waals surface area contributed by atoms with Crippen LogP contribution in [0.25, 0.3) is 0 Å². The van der Waals surface area contributed by atoms with Gasteiger partial charge in [0.2, 0.25) is 10.0 Å². The Bertz CT molecular complexity index is 590. The molecule has 0 bridgehead atoms. The fraction of sp³-hybridized carbons (Fsp3) is 0.500. The van der Waals surface area contributed by atoms with Gasteiger partial charge in [0, 0.05) is 20.6 Å². The molecule has 0 fully saturated rings. The van der Waals surface area contributed by atoms with Gasteiger partial charge in [-0.1, -0.05) is 19.1 Å². The van der Waals surface area contributed by atoms with Crippen LogP contribution in [0.2, 0.25) is 0 Å². The minimum atomic E-state index is -3.47. The molecule has 0 heterocycles. The first-order valence-electron chi connectivity index (χ1n) is 6.73.